The van der Waals surface area contributed by atoms with Crippen LogP contribution in [0.1, 0.15) is 50.8 Å². The number of pyridine rings is 1. The summed E-state index contributed by atoms with van der Waals surface area (Å²) in [6, 6.07) is 5.87. The molecule has 0 bridgehead atoms. The Kier molecular flexibility index (Phi) is 6.21. The summed E-state index contributed by atoms with van der Waals surface area (Å²) in [4.78, 5) is 4.15. The zero-order valence-corrected chi connectivity index (χ0v) is 19.8. The molecule has 2 aromatic heterocycles. The fourth-order valence-electron chi connectivity index (χ4n) is 4.02. The number of nitriles is 1. The molecular formula is C24H25F3N4O2S. The third-order valence-electron chi connectivity index (χ3n) is 5.67. The average molecular weight is 491 g/mol. The highest BCUT2D eigenvalue weighted by atomic mass is 32.2. The van der Waals surface area contributed by atoms with Crippen LogP contribution in [-0.4, -0.2) is 29.6 Å². The minimum atomic E-state index is -3.92. The third-order valence-corrected chi connectivity index (χ3v) is 7.60. The fourth-order valence-corrected chi connectivity index (χ4v) is 5.55. The van der Waals surface area contributed by atoms with E-state index in [1.165, 1.54) is 24.5 Å². The maximum Gasteiger partial charge on any atom is 0.258 e. The molecule has 1 saturated carbocycles. The Balaban J connectivity index is 1.93. The Hall–Kier alpha value is -2.90. The van der Waals surface area contributed by atoms with Crippen molar-refractivity contribution in [3.63, 3.8) is 0 Å². The molecule has 0 saturated heterocycles. The van der Waals surface area contributed by atoms with Crippen molar-refractivity contribution in [1.82, 2.24) is 14.3 Å². The van der Waals surface area contributed by atoms with E-state index in [1.807, 2.05) is 26.8 Å². The van der Waals surface area contributed by atoms with E-state index in [9.17, 15) is 22.5 Å². The first-order valence-corrected chi connectivity index (χ1v) is 12.4. The molecule has 180 valence electrons. The topological polar surface area (TPSA) is 87.8 Å². The summed E-state index contributed by atoms with van der Waals surface area (Å²) < 4.78 is 72.4. The van der Waals surface area contributed by atoms with E-state index in [-0.39, 0.29) is 33.2 Å². The smallest absolute Gasteiger partial charge is 0.258 e. The summed E-state index contributed by atoms with van der Waals surface area (Å²) in [5.41, 5.74) is 0.593. The molecule has 0 radical (unpaired) electrons. The monoisotopic (exact) mass is 490 g/mol. The molecule has 0 amide bonds. The van der Waals surface area contributed by atoms with Crippen LogP contribution in [0.5, 0.6) is 0 Å². The molecular weight excluding hydrogens is 465 g/mol. The van der Waals surface area contributed by atoms with Gasteiger partial charge in [0.1, 0.15) is 17.9 Å². The number of rotatable bonds is 7. The summed E-state index contributed by atoms with van der Waals surface area (Å²) >= 11 is 0. The van der Waals surface area contributed by atoms with Gasteiger partial charge in [-0.2, -0.15) is 5.26 Å². The van der Waals surface area contributed by atoms with Crippen molar-refractivity contribution in [3.05, 3.63) is 53.6 Å². The zero-order valence-electron chi connectivity index (χ0n) is 19.0. The normalized spacial score (nSPS) is 15.6. The fraction of sp³-hybridized carbons (Fsp3) is 0.417. The number of fused-ring (bicyclic) bond motifs is 1. The van der Waals surface area contributed by atoms with Gasteiger partial charge in [0.15, 0.2) is 0 Å². The summed E-state index contributed by atoms with van der Waals surface area (Å²) in [6.45, 7) is 6.31. The van der Waals surface area contributed by atoms with Crippen LogP contribution in [-0.2, 0) is 16.6 Å². The van der Waals surface area contributed by atoms with Crippen LogP contribution in [0.2, 0.25) is 0 Å². The maximum atomic E-state index is 15.3. The van der Waals surface area contributed by atoms with Crippen molar-refractivity contribution in [2.45, 2.75) is 57.9 Å². The van der Waals surface area contributed by atoms with E-state index >= 15 is 4.39 Å². The van der Waals surface area contributed by atoms with Gasteiger partial charge in [-0.15, -0.1) is 0 Å². The Morgan fingerprint density at radius 2 is 2.00 bits per heavy atom. The standard InChI is InChI=1S/C24H25F3N4O2S/c1-24(2,3)13-31-12-18(22(23(26)27)30-34(32,33)15-6-7-15)16-9-19(25)17(10-20(16)31)21-14(11-28)5-4-8-29-21/h4-5,8-10,12,15,22-23,30H,6-7,13H2,1-3H3/t22-/m0/s1. The molecule has 0 unspecified atom stereocenters. The molecule has 34 heavy (non-hydrogen) atoms. The number of nitrogens with zero attached hydrogens (tertiary/aromatic N) is 3. The van der Waals surface area contributed by atoms with Crippen LogP contribution in [0.15, 0.2) is 36.7 Å². The van der Waals surface area contributed by atoms with E-state index in [0.29, 0.717) is 24.9 Å². The van der Waals surface area contributed by atoms with Gasteiger partial charge in [0.25, 0.3) is 6.43 Å². The van der Waals surface area contributed by atoms with E-state index in [4.69, 9.17) is 0 Å². The number of hydrogen-bond acceptors (Lipinski definition) is 4. The Morgan fingerprint density at radius 3 is 2.59 bits per heavy atom. The van der Waals surface area contributed by atoms with Crippen LogP contribution >= 0.6 is 0 Å². The predicted molar refractivity (Wildman–Crippen MR) is 123 cm³/mol. The van der Waals surface area contributed by atoms with Crippen LogP contribution < -0.4 is 4.72 Å². The van der Waals surface area contributed by atoms with Gasteiger partial charge in [-0.3, -0.25) is 4.98 Å². The van der Waals surface area contributed by atoms with Gasteiger partial charge in [0, 0.05) is 41.0 Å². The first-order chi connectivity index (χ1) is 15.9. The molecule has 3 aromatic rings. The van der Waals surface area contributed by atoms with Gasteiger partial charge in [-0.1, -0.05) is 20.8 Å². The highest BCUT2D eigenvalue weighted by Crippen LogP contribution is 2.38. The van der Waals surface area contributed by atoms with E-state index in [0.717, 1.165) is 6.07 Å². The highest BCUT2D eigenvalue weighted by Gasteiger charge is 2.40. The lowest BCUT2D eigenvalue weighted by Crippen LogP contribution is -2.35. The van der Waals surface area contributed by atoms with Gasteiger partial charge in [-0.25, -0.2) is 26.3 Å². The molecule has 1 fully saturated rings. The summed E-state index contributed by atoms with van der Waals surface area (Å²) in [5.74, 6) is -0.740. The van der Waals surface area contributed by atoms with Crippen molar-refractivity contribution in [3.8, 4) is 17.3 Å². The van der Waals surface area contributed by atoms with Gasteiger partial charge >= 0.3 is 0 Å². The van der Waals surface area contributed by atoms with Crippen molar-refractivity contribution in [2.75, 3.05) is 0 Å². The SMILES string of the molecule is CC(C)(C)Cn1cc([C@H](NS(=O)(=O)C2CC2)C(F)F)c2cc(F)c(-c3ncccc3C#N)cc21. The van der Waals surface area contributed by atoms with Crippen molar-refractivity contribution >= 4 is 20.9 Å². The lowest BCUT2D eigenvalue weighted by molar-refractivity contribution is 0.109. The molecule has 2 heterocycles. The molecule has 4 rings (SSSR count). The third kappa shape index (κ3) is 4.81. The lowest BCUT2D eigenvalue weighted by atomic mass is 9.96. The number of alkyl halides is 2. The first-order valence-electron chi connectivity index (χ1n) is 10.9. The minimum absolute atomic E-state index is 0.00505. The average Bonchev–Trinajstić information content (AvgIpc) is 3.56. The number of benzene rings is 1. The second-order valence-electron chi connectivity index (χ2n) is 9.81. The van der Waals surface area contributed by atoms with E-state index < -0.39 is 33.6 Å². The first kappa shape index (κ1) is 24.2. The highest BCUT2D eigenvalue weighted by molar-refractivity contribution is 7.90. The molecule has 1 aliphatic rings. The summed E-state index contributed by atoms with van der Waals surface area (Å²) in [5, 5.41) is 8.93. The second-order valence-corrected chi connectivity index (χ2v) is 11.8. The van der Waals surface area contributed by atoms with Gasteiger partial charge in [0.05, 0.1) is 16.5 Å². The lowest BCUT2D eigenvalue weighted by Gasteiger charge is -2.20. The quantitative estimate of drug-likeness (QED) is 0.496. The van der Waals surface area contributed by atoms with E-state index in [2.05, 4.69) is 9.71 Å². The van der Waals surface area contributed by atoms with E-state index in [1.54, 1.807) is 10.6 Å². The molecule has 1 atom stereocenters. The molecule has 0 spiro atoms. The van der Waals surface area contributed by atoms with Crippen molar-refractivity contribution in [1.29, 1.82) is 5.26 Å². The van der Waals surface area contributed by atoms with Gasteiger partial charge < -0.3 is 4.57 Å². The summed E-state index contributed by atoms with van der Waals surface area (Å²) in [7, 11) is -3.92. The molecule has 10 heteroatoms. The number of halogens is 3. The van der Waals surface area contributed by atoms with Crippen LogP contribution in [0.25, 0.3) is 22.2 Å². The van der Waals surface area contributed by atoms with Gasteiger partial charge in [0.2, 0.25) is 10.0 Å². The Morgan fingerprint density at radius 1 is 1.29 bits per heavy atom. The molecule has 1 N–H and O–H groups in total. The maximum absolute atomic E-state index is 15.3. The largest absolute Gasteiger partial charge is 0.347 e. The van der Waals surface area contributed by atoms with Crippen molar-refractivity contribution < 1.29 is 21.6 Å². The van der Waals surface area contributed by atoms with Crippen molar-refractivity contribution in [2.24, 2.45) is 5.41 Å². The molecule has 0 aliphatic heterocycles. The second kappa shape index (κ2) is 8.71. The van der Waals surface area contributed by atoms with Crippen LogP contribution in [0, 0.1) is 22.6 Å². The Labute approximate surface area is 196 Å². The molecule has 1 aliphatic carbocycles. The molecule has 6 nitrogen and oxygen atoms in total. The number of nitrogens with one attached hydrogen (secondary N) is 1. The van der Waals surface area contributed by atoms with Gasteiger partial charge in [-0.05, 0) is 42.5 Å². The Bertz CT molecular complexity index is 1380. The number of aromatic nitrogens is 2. The number of sulfonamides is 1. The van der Waals surface area contributed by atoms with Crippen LogP contribution in [0.3, 0.4) is 0 Å². The molecule has 1 aromatic carbocycles. The van der Waals surface area contributed by atoms with Crippen LogP contribution in [0.4, 0.5) is 13.2 Å². The minimum Gasteiger partial charge on any atom is -0.347 e. The zero-order chi connectivity index (χ0) is 24.8. The predicted octanol–water partition coefficient (Wildman–Crippen LogP) is 5.15. The number of hydrogen-bond donors (Lipinski definition) is 1. The summed E-state index contributed by atoms with van der Waals surface area (Å²) in [6.07, 6.45) is 0.736.